The Balaban J connectivity index is 1.99. The van der Waals surface area contributed by atoms with E-state index in [9.17, 15) is 18.0 Å². The second-order valence-corrected chi connectivity index (χ2v) is 7.17. The molecule has 1 N–H and O–H groups in total. The van der Waals surface area contributed by atoms with Crippen molar-refractivity contribution in [2.45, 2.75) is 38.0 Å². The van der Waals surface area contributed by atoms with Gasteiger partial charge in [0.2, 0.25) is 5.91 Å². The Morgan fingerprint density at radius 1 is 1.29 bits per heavy atom. The number of hydrogen-bond acceptors (Lipinski definition) is 1. The van der Waals surface area contributed by atoms with Crippen molar-refractivity contribution in [3.63, 3.8) is 0 Å². The van der Waals surface area contributed by atoms with Crippen LogP contribution in [-0.2, 0) is 17.5 Å². The molecular formula is C18H24F3N2O+. The maximum absolute atomic E-state index is 12.6. The van der Waals surface area contributed by atoms with E-state index in [-0.39, 0.29) is 11.4 Å². The molecule has 1 aromatic rings. The fraction of sp³-hybridized carbons (Fsp3) is 0.500. The summed E-state index contributed by atoms with van der Waals surface area (Å²) < 4.78 is 38.6. The summed E-state index contributed by atoms with van der Waals surface area (Å²) in [4.78, 5) is 11.5. The molecule has 2 rings (SSSR count). The zero-order chi connectivity index (χ0) is 18.0. The molecule has 24 heavy (non-hydrogen) atoms. The zero-order valence-electron chi connectivity index (χ0n) is 14.1. The van der Waals surface area contributed by atoms with Crippen LogP contribution in [0, 0.1) is 0 Å². The van der Waals surface area contributed by atoms with Gasteiger partial charge in [0.15, 0.2) is 0 Å². The third kappa shape index (κ3) is 4.60. The predicted molar refractivity (Wildman–Crippen MR) is 87.0 cm³/mol. The molecule has 0 aliphatic carbocycles. The average molecular weight is 341 g/mol. The summed E-state index contributed by atoms with van der Waals surface area (Å²) in [5.74, 6) is -0.170. The van der Waals surface area contributed by atoms with Crippen molar-refractivity contribution in [1.29, 1.82) is 0 Å². The van der Waals surface area contributed by atoms with E-state index in [0.29, 0.717) is 6.54 Å². The first-order valence-electron chi connectivity index (χ1n) is 8.00. The fourth-order valence-electron chi connectivity index (χ4n) is 3.14. The van der Waals surface area contributed by atoms with Gasteiger partial charge in [-0.15, -0.1) is 0 Å². The normalized spacial score (nSPS) is 27.5. The molecule has 1 aliphatic heterocycles. The average Bonchev–Trinajstić information content (AvgIpc) is 2.50. The Morgan fingerprint density at radius 3 is 2.29 bits per heavy atom. The van der Waals surface area contributed by atoms with Gasteiger partial charge in [0.1, 0.15) is 6.54 Å². The Kier molecular flexibility index (Phi) is 5.08. The summed E-state index contributed by atoms with van der Waals surface area (Å²) in [5, 5.41) is 2.98. The minimum absolute atomic E-state index is 0.170. The number of piperidine rings is 1. The van der Waals surface area contributed by atoms with E-state index < -0.39 is 11.7 Å². The van der Waals surface area contributed by atoms with Gasteiger partial charge < -0.3 is 9.80 Å². The van der Waals surface area contributed by atoms with E-state index in [2.05, 4.69) is 18.9 Å². The number of benzene rings is 1. The van der Waals surface area contributed by atoms with E-state index in [1.54, 1.807) is 12.1 Å². The maximum Gasteiger partial charge on any atom is 0.416 e. The summed E-state index contributed by atoms with van der Waals surface area (Å²) >= 11 is 0. The number of nitrogens with one attached hydrogen (secondary N) is 1. The highest BCUT2D eigenvalue weighted by molar-refractivity contribution is 5.87. The summed E-state index contributed by atoms with van der Waals surface area (Å²) in [5.41, 5.74) is 0.0277. The number of quaternary nitrogens is 1. The van der Waals surface area contributed by atoms with Crippen LogP contribution in [0.3, 0.4) is 0 Å². The van der Waals surface area contributed by atoms with Gasteiger partial charge in [-0.1, -0.05) is 18.7 Å². The van der Waals surface area contributed by atoms with Gasteiger partial charge >= 0.3 is 6.18 Å². The molecule has 0 spiro atoms. The number of likely N-dealkylation sites (tertiary alicyclic amines) is 1. The van der Waals surface area contributed by atoms with Crippen molar-refractivity contribution < 1.29 is 22.4 Å². The van der Waals surface area contributed by atoms with Crippen molar-refractivity contribution in [1.82, 2.24) is 5.32 Å². The van der Waals surface area contributed by atoms with Gasteiger partial charge in [-0.05, 0) is 25.1 Å². The third-order valence-electron chi connectivity index (χ3n) is 4.86. The first kappa shape index (κ1) is 18.5. The quantitative estimate of drug-likeness (QED) is 0.659. The molecule has 1 heterocycles. The van der Waals surface area contributed by atoms with Gasteiger partial charge in [-0.25, -0.2) is 0 Å². The molecule has 1 amide bonds. The predicted octanol–water partition coefficient (Wildman–Crippen LogP) is 3.51. The molecule has 132 valence electrons. The van der Waals surface area contributed by atoms with Crippen LogP contribution in [0.4, 0.5) is 13.2 Å². The fourth-order valence-corrected chi connectivity index (χ4v) is 3.14. The van der Waals surface area contributed by atoms with Crippen molar-refractivity contribution in [2.75, 3.05) is 20.1 Å². The topological polar surface area (TPSA) is 29.1 Å². The SMILES string of the molecule is C=CC(=O)NC1(C)CC[N+](C)(Cc2ccc(C(F)(F)F)cc2)CC1. The molecule has 6 heteroatoms. The number of hydrogen-bond donors (Lipinski definition) is 1. The summed E-state index contributed by atoms with van der Waals surface area (Å²) in [6.07, 6.45) is -1.38. The van der Waals surface area contributed by atoms with E-state index in [4.69, 9.17) is 0 Å². The largest absolute Gasteiger partial charge is 0.416 e. The Bertz CT molecular complexity index is 600. The summed E-state index contributed by atoms with van der Waals surface area (Å²) in [6.45, 7) is 7.89. The van der Waals surface area contributed by atoms with Crippen LogP contribution >= 0.6 is 0 Å². The minimum Gasteiger partial charge on any atom is -0.347 e. The van der Waals surface area contributed by atoms with Crippen molar-refractivity contribution >= 4 is 5.91 Å². The molecule has 0 aromatic heterocycles. The van der Waals surface area contributed by atoms with Gasteiger partial charge in [0.25, 0.3) is 0 Å². The van der Waals surface area contributed by atoms with Crippen LogP contribution in [0.2, 0.25) is 0 Å². The Labute approximate surface area is 140 Å². The van der Waals surface area contributed by atoms with Gasteiger partial charge in [0, 0.05) is 23.9 Å². The lowest BCUT2D eigenvalue weighted by molar-refractivity contribution is -0.928. The summed E-state index contributed by atoms with van der Waals surface area (Å²) in [7, 11) is 2.10. The zero-order valence-corrected chi connectivity index (χ0v) is 14.1. The highest BCUT2D eigenvalue weighted by atomic mass is 19.4. The molecule has 1 aromatic carbocycles. The number of carbonyl (C=O) groups is 1. The minimum atomic E-state index is -4.30. The van der Waals surface area contributed by atoms with E-state index in [1.807, 2.05) is 6.92 Å². The lowest BCUT2D eigenvalue weighted by Crippen LogP contribution is -2.58. The third-order valence-corrected chi connectivity index (χ3v) is 4.86. The standard InChI is InChI=1S/C18H23F3N2O/c1-4-16(24)22-17(2)9-11-23(3,12-10-17)13-14-5-7-15(8-6-14)18(19,20)21/h4-8H,1,9-13H2,2-3H3/p+1. The number of halogens is 3. The van der Waals surface area contributed by atoms with Crippen molar-refractivity contribution in [3.8, 4) is 0 Å². The van der Waals surface area contributed by atoms with Crippen molar-refractivity contribution in [3.05, 3.63) is 48.0 Å². The van der Waals surface area contributed by atoms with E-state index in [0.717, 1.165) is 48.1 Å². The molecule has 1 fully saturated rings. The van der Waals surface area contributed by atoms with Crippen molar-refractivity contribution in [2.24, 2.45) is 0 Å². The molecule has 0 atom stereocenters. The van der Waals surface area contributed by atoms with Crippen LogP contribution in [0.15, 0.2) is 36.9 Å². The molecule has 3 nitrogen and oxygen atoms in total. The van der Waals surface area contributed by atoms with E-state index >= 15 is 0 Å². The Hall–Kier alpha value is -1.82. The van der Waals surface area contributed by atoms with Crippen LogP contribution in [-0.4, -0.2) is 36.1 Å². The number of alkyl halides is 3. The molecule has 0 radical (unpaired) electrons. The lowest BCUT2D eigenvalue weighted by Gasteiger charge is -2.45. The van der Waals surface area contributed by atoms with Crippen LogP contribution in [0.1, 0.15) is 30.9 Å². The van der Waals surface area contributed by atoms with Gasteiger partial charge in [-0.2, -0.15) is 13.2 Å². The second kappa shape index (κ2) is 6.59. The monoisotopic (exact) mass is 341 g/mol. The van der Waals surface area contributed by atoms with Crippen LogP contribution in [0.25, 0.3) is 0 Å². The number of nitrogens with zero attached hydrogens (tertiary/aromatic N) is 1. The number of carbonyl (C=O) groups excluding carboxylic acids is 1. The van der Waals surface area contributed by atoms with Crippen LogP contribution in [0.5, 0.6) is 0 Å². The lowest BCUT2D eigenvalue weighted by atomic mass is 9.88. The number of rotatable bonds is 4. The van der Waals surface area contributed by atoms with Crippen LogP contribution < -0.4 is 5.32 Å². The highest BCUT2D eigenvalue weighted by Gasteiger charge is 2.38. The first-order valence-corrected chi connectivity index (χ1v) is 8.00. The highest BCUT2D eigenvalue weighted by Crippen LogP contribution is 2.31. The first-order chi connectivity index (χ1) is 11.1. The smallest absolute Gasteiger partial charge is 0.347 e. The molecule has 0 bridgehead atoms. The number of amides is 1. The molecular weight excluding hydrogens is 317 g/mol. The van der Waals surface area contributed by atoms with Gasteiger partial charge in [-0.3, -0.25) is 4.79 Å². The second-order valence-electron chi connectivity index (χ2n) is 7.17. The molecule has 0 saturated carbocycles. The molecule has 1 aliphatic rings. The maximum atomic E-state index is 12.6. The van der Waals surface area contributed by atoms with Gasteiger partial charge in [0.05, 0.1) is 25.7 Å². The van der Waals surface area contributed by atoms with E-state index in [1.165, 1.54) is 6.08 Å². The summed E-state index contributed by atoms with van der Waals surface area (Å²) in [6, 6.07) is 5.39. The molecule has 0 unspecified atom stereocenters. The Morgan fingerprint density at radius 2 is 1.83 bits per heavy atom. The molecule has 1 saturated heterocycles.